The van der Waals surface area contributed by atoms with E-state index in [0.29, 0.717) is 22.9 Å². The number of nitrogens with zero attached hydrogens (tertiary/aromatic N) is 2. The number of carbonyl (C=O) groups is 2. The van der Waals surface area contributed by atoms with E-state index in [1.54, 1.807) is 37.3 Å². The van der Waals surface area contributed by atoms with E-state index >= 15 is 0 Å². The summed E-state index contributed by atoms with van der Waals surface area (Å²) >= 11 is 5.81. The average molecular weight is 419 g/mol. The fourth-order valence-corrected chi connectivity index (χ4v) is 3.50. The molecule has 1 saturated heterocycles. The molecule has 1 aromatic heterocycles. The van der Waals surface area contributed by atoms with Crippen molar-refractivity contribution >= 4 is 29.2 Å². The number of nitrogens with one attached hydrogen (secondary N) is 2. The number of piperidine rings is 1. The quantitative estimate of drug-likeness (QED) is 0.755. The van der Waals surface area contributed by atoms with Crippen molar-refractivity contribution in [2.75, 3.05) is 18.4 Å². The molecule has 1 aromatic carbocycles. The SMILES string of the molecule is CC(C(=O)NCc1ccccc1F)N1CCCC(C(=O)Nc2ccc(Cl)cn2)C1. The standard InChI is InChI=1S/C21H24ClFN4O2/c1-14(20(28)25-11-15-5-2-3-7-18(15)23)27-10-4-6-16(13-27)21(29)26-19-9-8-17(22)12-24-19/h2-3,5,7-9,12,14,16H,4,6,10-11,13H2,1H3,(H,25,28)(H,24,26,29). The summed E-state index contributed by atoms with van der Waals surface area (Å²) in [5, 5.41) is 6.09. The first-order valence-electron chi connectivity index (χ1n) is 9.61. The summed E-state index contributed by atoms with van der Waals surface area (Å²) in [4.78, 5) is 31.2. The van der Waals surface area contributed by atoms with Crippen LogP contribution in [-0.2, 0) is 16.1 Å². The molecular formula is C21H24ClFN4O2. The first-order chi connectivity index (χ1) is 13.9. The minimum Gasteiger partial charge on any atom is -0.351 e. The highest BCUT2D eigenvalue weighted by molar-refractivity contribution is 6.30. The smallest absolute Gasteiger partial charge is 0.237 e. The monoisotopic (exact) mass is 418 g/mol. The second kappa shape index (κ2) is 9.80. The topological polar surface area (TPSA) is 74.3 Å². The zero-order valence-electron chi connectivity index (χ0n) is 16.2. The maximum absolute atomic E-state index is 13.7. The summed E-state index contributed by atoms with van der Waals surface area (Å²) in [5.41, 5.74) is 0.444. The normalized spacial score (nSPS) is 18.1. The molecule has 2 N–H and O–H groups in total. The number of carbonyl (C=O) groups excluding carboxylic acids is 2. The summed E-state index contributed by atoms with van der Waals surface area (Å²) in [6.07, 6.45) is 3.04. The Morgan fingerprint density at radius 3 is 2.83 bits per heavy atom. The van der Waals surface area contributed by atoms with Crippen LogP contribution in [0.4, 0.5) is 10.2 Å². The van der Waals surface area contributed by atoms with E-state index in [4.69, 9.17) is 11.6 Å². The van der Waals surface area contributed by atoms with Crippen molar-refractivity contribution in [1.29, 1.82) is 0 Å². The number of likely N-dealkylation sites (tertiary alicyclic amines) is 1. The summed E-state index contributed by atoms with van der Waals surface area (Å²) in [5.74, 6) is -0.432. The van der Waals surface area contributed by atoms with E-state index in [0.717, 1.165) is 19.4 Å². The van der Waals surface area contributed by atoms with E-state index in [2.05, 4.69) is 15.6 Å². The van der Waals surface area contributed by atoms with Gasteiger partial charge in [0, 0.05) is 24.8 Å². The Hall–Kier alpha value is -2.51. The lowest BCUT2D eigenvalue weighted by molar-refractivity contribution is -0.129. The lowest BCUT2D eigenvalue weighted by Gasteiger charge is -2.35. The number of aromatic nitrogens is 1. The van der Waals surface area contributed by atoms with Crippen LogP contribution in [0.5, 0.6) is 0 Å². The Morgan fingerprint density at radius 2 is 2.10 bits per heavy atom. The third kappa shape index (κ3) is 5.74. The van der Waals surface area contributed by atoms with E-state index in [1.807, 2.05) is 4.90 Å². The number of amides is 2. The maximum Gasteiger partial charge on any atom is 0.237 e. The molecule has 1 aliphatic heterocycles. The molecule has 6 nitrogen and oxygen atoms in total. The van der Waals surface area contributed by atoms with Crippen LogP contribution in [0.1, 0.15) is 25.3 Å². The van der Waals surface area contributed by atoms with Gasteiger partial charge in [-0.3, -0.25) is 14.5 Å². The minimum atomic E-state index is -0.411. The number of halogens is 2. The predicted octanol–water partition coefficient (Wildman–Crippen LogP) is 3.23. The zero-order valence-corrected chi connectivity index (χ0v) is 17.0. The van der Waals surface area contributed by atoms with Gasteiger partial charge in [-0.05, 0) is 44.5 Å². The predicted molar refractivity (Wildman–Crippen MR) is 110 cm³/mol. The molecule has 2 unspecified atom stereocenters. The first-order valence-corrected chi connectivity index (χ1v) is 9.99. The van der Waals surface area contributed by atoms with Crippen LogP contribution >= 0.6 is 11.6 Å². The van der Waals surface area contributed by atoms with Crippen molar-refractivity contribution < 1.29 is 14.0 Å². The lowest BCUT2D eigenvalue weighted by Crippen LogP contribution is -2.50. The van der Waals surface area contributed by atoms with Crippen LogP contribution in [0.25, 0.3) is 0 Å². The highest BCUT2D eigenvalue weighted by Crippen LogP contribution is 2.21. The van der Waals surface area contributed by atoms with Gasteiger partial charge in [0.2, 0.25) is 11.8 Å². The van der Waals surface area contributed by atoms with Gasteiger partial charge in [-0.15, -0.1) is 0 Å². The molecule has 154 valence electrons. The third-order valence-corrected chi connectivity index (χ3v) is 5.36. The Balaban J connectivity index is 1.53. The second-order valence-corrected chi connectivity index (χ2v) is 7.61. The van der Waals surface area contributed by atoms with Crippen LogP contribution in [-0.4, -0.2) is 40.8 Å². The van der Waals surface area contributed by atoms with Gasteiger partial charge < -0.3 is 10.6 Å². The molecular weight excluding hydrogens is 395 g/mol. The molecule has 0 saturated carbocycles. The molecule has 1 fully saturated rings. The van der Waals surface area contributed by atoms with E-state index in [9.17, 15) is 14.0 Å². The Morgan fingerprint density at radius 1 is 1.31 bits per heavy atom. The van der Waals surface area contributed by atoms with Crippen LogP contribution in [0.3, 0.4) is 0 Å². The van der Waals surface area contributed by atoms with Crippen molar-refractivity contribution in [2.45, 2.75) is 32.4 Å². The molecule has 8 heteroatoms. The van der Waals surface area contributed by atoms with Gasteiger partial charge >= 0.3 is 0 Å². The molecule has 0 spiro atoms. The van der Waals surface area contributed by atoms with Crippen LogP contribution < -0.4 is 10.6 Å². The fourth-order valence-electron chi connectivity index (χ4n) is 3.39. The van der Waals surface area contributed by atoms with E-state index in [-0.39, 0.29) is 30.1 Å². The zero-order chi connectivity index (χ0) is 20.8. The second-order valence-electron chi connectivity index (χ2n) is 7.17. The third-order valence-electron chi connectivity index (χ3n) is 5.14. The lowest BCUT2D eigenvalue weighted by atomic mass is 9.96. The summed E-state index contributed by atoms with van der Waals surface area (Å²) in [6.45, 7) is 3.15. The van der Waals surface area contributed by atoms with Crippen LogP contribution in [0, 0.1) is 11.7 Å². The van der Waals surface area contributed by atoms with Crippen LogP contribution in [0.15, 0.2) is 42.6 Å². The number of benzene rings is 1. The molecule has 2 atom stereocenters. The highest BCUT2D eigenvalue weighted by atomic mass is 35.5. The number of hydrogen-bond acceptors (Lipinski definition) is 4. The van der Waals surface area contributed by atoms with Crippen molar-refractivity contribution in [1.82, 2.24) is 15.2 Å². The fraction of sp³-hybridized carbons (Fsp3) is 0.381. The van der Waals surface area contributed by atoms with Gasteiger partial charge in [0.05, 0.1) is 17.0 Å². The van der Waals surface area contributed by atoms with Gasteiger partial charge in [0.25, 0.3) is 0 Å². The summed E-state index contributed by atoms with van der Waals surface area (Å²) in [7, 11) is 0. The van der Waals surface area contributed by atoms with Crippen molar-refractivity contribution in [3.8, 4) is 0 Å². The molecule has 3 rings (SSSR count). The van der Waals surface area contributed by atoms with E-state index in [1.165, 1.54) is 12.3 Å². The van der Waals surface area contributed by atoms with Gasteiger partial charge in [0.15, 0.2) is 0 Å². The first kappa shape index (κ1) is 21.2. The summed E-state index contributed by atoms with van der Waals surface area (Å²) < 4.78 is 13.7. The van der Waals surface area contributed by atoms with Gasteiger partial charge in [0.1, 0.15) is 11.6 Å². The van der Waals surface area contributed by atoms with Crippen molar-refractivity contribution in [2.24, 2.45) is 5.92 Å². The number of anilines is 1. The minimum absolute atomic E-state index is 0.122. The average Bonchev–Trinajstić information content (AvgIpc) is 2.74. The summed E-state index contributed by atoms with van der Waals surface area (Å²) in [6, 6.07) is 9.27. The highest BCUT2D eigenvalue weighted by Gasteiger charge is 2.31. The largest absolute Gasteiger partial charge is 0.351 e. The molecule has 1 aliphatic rings. The van der Waals surface area contributed by atoms with Crippen molar-refractivity contribution in [3.05, 3.63) is 59.0 Å². The van der Waals surface area contributed by atoms with Gasteiger partial charge in [-0.1, -0.05) is 29.8 Å². The van der Waals surface area contributed by atoms with Crippen molar-refractivity contribution in [3.63, 3.8) is 0 Å². The molecule has 2 heterocycles. The molecule has 0 aliphatic carbocycles. The Labute approximate surface area is 174 Å². The number of rotatable bonds is 6. The van der Waals surface area contributed by atoms with Gasteiger partial charge in [-0.25, -0.2) is 9.37 Å². The van der Waals surface area contributed by atoms with Crippen LogP contribution in [0.2, 0.25) is 5.02 Å². The molecule has 0 bridgehead atoms. The maximum atomic E-state index is 13.7. The Bertz CT molecular complexity index is 862. The Kier molecular flexibility index (Phi) is 7.17. The molecule has 0 radical (unpaired) electrons. The van der Waals surface area contributed by atoms with E-state index < -0.39 is 6.04 Å². The molecule has 2 aromatic rings. The number of hydrogen-bond donors (Lipinski definition) is 2. The molecule has 29 heavy (non-hydrogen) atoms. The van der Waals surface area contributed by atoms with Gasteiger partial charge in [-0.2, -0.15) is 0 Å². The number of pyridine rings is 1. The molecule has 2 amide bonds.